The van der Waals surface area contributed by atoms with Crippen LogP contribution in [0.4, 0.5) is 0 Å². The summed E-state index contributed by atoms with van der Waals surface area (Å²) in [5.74, 6) is 0. The Kier molecular flexibility index (Phi) is 1.73. The molecule has 1 N–H and O–H groups in total. The summed E-state index contributed by atoms with van der Waals surface area (Å²) in [6.45, 7) is 0. The molecule has 4 heteroatoms. The maximum Gasteiger partial charge on any atom is 0.153 e. The first-order valence-corrected chi connectivity index (χ1v) is 3.93. The van der Waals surface area contributed by atoms with Crippen LogP contribution in [0, 0.1) is 0 Å². The molecule has 2 heterocycles. The highest BCUT2D eigenvalue weighted by molar-refractivity contribution is 5.85. The minimum Gasteiger partial charge on any atom is -0.367 e. The zero-order valence-electron chi connectivity index (χ0n) is 7.19. The highest BCUT2D eigenvalue weighted by atomic mass is 16.1. The number of H-pyrrole nitrogens is 1. The Bertz CT molecular complexity index is 414. The van der Waals surface area contributed by atoms with Crippen LogP contribution in [0.3, 0.4) is 0 Å². The van der Waals surface area contributed by atoms with E-state index >= 15 is 0 Å². The summed E-state index contributed by atoms with van der Waals surface area (Å²) in [5.41, 5.74) is 2.27. The fourth-order valence-electron chi connectivity index (χ4n) is 1.29. The van der Waals surface area contributed by atoms with Gasteiger partial charge in [0.25, 0.3) is 0 Å². The second kappa shape index (κ2) is 2.90. The molecule has 0 saturated heterocycles. The van der Waals surface area contributed by atoms with Gasteiger partial charge < -0.3 is 4.98 Å². The highest BCUT2D eigenvalue weighted by Crippen LogP contribution is 2.19. The number of carbonyl (C=O) groups excluding carboxylic acids is 1. The third-order valence-electron chi connectivity index (χ3n) is 1.86. The summed E-state index contributed by atoms with van der Waals surface area (Å²) < 4.78 is 1.63. The van der Waals surface area contributed by atoms with Gasteiger partial charge >= 0.3 is 0 Å². The number of nitrogens with one attached hydrogen (secondary N) is 1. The number of rotatable bonds is 2. The number of hydrogen-bond donors (Lipinski definition) is 1. The van der Waals surface area contributed by atoms with Gasteiger partial charge in [-0.05, 0) is 6.07 Å². The molecule has 0 bridgehead atoms. The van der Waals surface area contributed by atoms with Crippen molar-refractivity contribution in [2.45, 2.75) is 0 Å². The Morgan fingerprint density at radius 1 is 1.62 bits per heavy atom. The van der Waals surface area contributed by atoms with E-state index in [0.717, 1.165) is 17.5 Å². The number of aromatic amines is 1. The number of nitrogens with zero attached hydrogens (tertiary/aromatic N) is 2. The lowest BCUT2D eigenvalue weighted by molar-refractivity contribution is 0.112. The van der Waals surface area contributed by atoms with E-state index in [1.54, 1.807) is 24.1 Å². The van der Waals surface area contributed by atoms with Crippen molar-refractivity contribution in [1.82, 2.24) is 14.8 Å². The molecule has 13 heavy (non-hydrogen) atoms. The average molecular weight is 175 g/mol. The molecule has 0 aliphatic heterocycles. The minimum atomic E-state index is 0.613. The monoisotopic (exact) mass is 175 g/mol. The minimum absolute atomic E-state index is 0.613. The van der Waals surface area contributed by atoms with Crippen LogP contribution in [0.1, 0.15) is 10.4 Å². The van der Waals surface area contributed by atoms with Crippen molar-refractivity contribution in [1.29, 1.82) is 0 Å². The predicted octanol–water partition coefficient (Wildman–Crippen LogP) is 1.23. The van der Waals surface area contributed by atoms with Crippen LogP contribution in [-0.4, -0.2) is 21.1 Å². The van der Waals surface area contributed by atoms with Crippen LogP contribution in [0.2, 0.25) is 0 Å². The molecule has 2 aromatic heterocycles. The van der Waals surface area contributed by atoms with E-state index < -0.39 is 0 Å². The summed E-state index contributed by atoms with van der Waals surface area (Å²) in [4.78, 5) is 13.6. The summed E-state index contributed by atoms with van der Waals surface area (Å²) in [7, 11) is 1.79. The van der Waals surface area contributed by atoms with Crippen molar-refractivity contribution in [2.24, 2.45) is 7.05 Å². The lowest BCUT2D eigenvalue weighted by atomic mass is 10.2. The number of aldehydes is 1. The maximum absolute atomic E-state index is 10.7. The SMILES string of the molecule is Cn1cc(C=O)c(-c2cc[nH]c2)n1. The van der Waals surface area contributed by atoms with Crippen molar-refractivity contribution in [3.8, 4) is 11.3 Å². The van der Waals surface area contributed by atoms with Crippen LogP contribution < -0.4 is 0 Å². The van der Waals surface area contributed by atoms with Crippen LogP contribution in [0.25, 0.3) is 11.3 Å². The van der Waals surface area contributed by atoms with Gasteiger partial charge in [0.15, 0.2) is 6.29 Å². The van der Waals surface area contributed by atoms with E-state index in [1.807, 2.05) is 12.3 Å². The number of carbonyl (C=O) groups is 1. The van der Waals surface area contributed by atoms with Crippen molar-refractivity contribution < 1.29 is 4.79 Å². The Morgan fingerprint density at radius 2 is 2.46 bits per heavy atom. The van der Waals surface area contributed by atoms with E-state index in [4.69, 9.17) is 0 Å². The molecular weight excluding hydrogens is 166 g/mol. The van der Waals surface area contributed by atoms with Crippen molar-refractivity contribution in [2.75, 3.05) is 0 Å². The molecular formula is C9H9N3O. The standard InChI is InChI=1S/C9H9N3O/c1-12-5-8(6-13)9(11-12)7-2-3-10-4-7/h2-6,10H,1H3. The number of hydrogen-bond acceptors (Lipinski definition) is 2. The third kappa shape index (κ3) is 1.26. The van der Waals surface area contributed by atoms with Crippen molar-refractivity contribution >= 4 is 6.29 Å². The smallest absolute Gasteiger partial charge is 0.153 e. The molecule has 0 radical (unpaired) electrons. The van der Waals surface area contributed by atoms with Crippen molar-refractivity contribution in [3.05, 3.63) is 30.2 Å². The summed E-state index contributed by atoms with van der Waals surface area (Å²) in [5, 5.41) is 4.19. The highest BCUT2D eigenvalue weighted by Gasteiger charge is 2.08. The number of aromatic nitrogens is 3. The molecule has 0 fully saturated rings. The van der Waals surface area contributed by atoms with Crippen LogP contribution >= 0.6 is 0 Å². The molecule has 4 nitrogen and oxygen atoms in total. The first kappa shape index (κ1) is 7.79. The lowest BCUT2D eigenvalue weighted by Crippen LogP contribution is -1.86. The third-order valence-corrected chi connectivity index (χ3v) is 1.86. The second-order valence-electron chi connectivity index (χ2n) is 2.82. The first-order valence-electron chi connectivity index (χ1n) is 3.93. The quantitative estimate of drug-likeness (QED) is 0.698. The summed E-state index contributed by atoms with van der Waals surface area (Å²) in [6, 6.07) is 1.88. The average Bonchev–Trinajstić information content (AvgIpc) is 2.71. The zero-order valence-corrected chi connectivity index (χ0v) is 7.19. The van der Waals surface area contributed by atoms with E-state index in [1.165, 1.54) is 0 Å². The molecule has 0 atom stereocenters. The number of aryl methyl sites for hydroxylation is 1. The zero-order chi connectivity index (χ0) is 9.26. The summed E-state index contributed by atoms with van der Waals surface area (Å²) in [6.07, 6.45) is 6.14. The maximum atomic E-state index is 10.7. The molecule has 0 aromatic carbocycles. The molecule has 0 amide bonds. The van der Waals surface area contributed by atoms with Gasteiger partial charge in [-0.2, -0.15) is 5.10 Å². The van der Waals surface area contributed by atoms with Crippen LogP contribution in [0.5, 0.6) is 0 Å². The van der Waals surface area contributed by atoms with Gasteiger partial charge in [0.05, 0.1) is 5.56 Å². The van der Waals surface area contributed by atoms with Gasteiger partial charge in [-0.1, -0.05) is 0 Å². The second-order valence-corrected chi connectivity index (χ2v) is 2.82. The first-order chi connectivity index (χ1) is 6.31. The molecule has 0 spiro atoms. The molecule has 2 aromatic rings. The normalized spacial score (nSPS) is 10.2. The van der Waals surface area contributed by atoms with Gasteiger partial charge in [0.2, 0.25) is 0 Å². The molecule has 0 aliphatic carbocycles. The van der Waals surface area contributed by atoms with E-state index in [0.29, 0.717) is 5.56 Å². The molecule has 0 unspecified atom stereocenters. The Labute approximate surface area is 75.2 Å². The van der Waals surface area contributed by atoms with Crippen molar-refractivity contribution in [3.63, 3.8) is 0 Å². The van der Waals surface area contributed by atoms with Gasteiger partial charge in [0.1, 0.15) is 5.69 Å². The molecule has 66 valence electrons. The Hall–Kier alpha value is -1.84. The Balaban J connectivity index is 2.56. The fourth-order valence-corrected chi connectivity index (χ4v) is 1.29. The molecule has 0 aliphatic rings. The van der Waals surface area contributed by atoms with Gasteiger partial charge in [-0.3, -0.25) is 9.48 Å². The van der Waals surface area contributed by atoms with Crippen LogP contribution in [0.15, 0.2) is 24.7 Å². The van der Waals surface area contributed by atoms with E-state index in [9.17, 15) is 4.79 Å². The van der Waals surface area contributed by atoms with E-state index in [2.05, 4.69) is 10.1 Å². The lowest BCUT2D eigenvalue weighted by Gasteiger charge is -1.89. The molecule has 2 rings (SSSR count). The predicted molar refractivity (Wildman–Crippen MR) is 48.4 cm³/mol. The largest absolute Gasteiger partial charge is 0.367 e. The van der Waals surface area contributed by atoms with Gasteiger partial charge in [0, 0.05) is 31.2 Å². The summed E-state index contributed by atoms with van der Waals surface area (Å²) >= 11 is 0. The topological polar surface area (TPSA) is 50.7 Å². The van der Waals surface area contributed by atoms with Gasteiger partial charge in [-0.25, -0.2) is 0 Å². The van der Waals surface area contributed by atoms with E-state index in [-0.39, 0.29) is 0 Å². The molecule has 0 saturated carbocycles. The van der Waals surface area contributed by atoms with Gasteiger partial charge in [-0.15, -0.1) is 0 Å². The Morgan fingerprint density at radius 3 is 3.08 bits per heavy atom. The fraction of sp³-hybridized carbons (Fsp3) is 0.111. The van der Waals surface area contributed by atoms with Crippen LogP contribution in [-0.2, 0) is 7.05 Å².